The quantitative estimate of drug-likeness (QED) is 0.675. The topological polar surface area (TPSA) is 67.1 Å². The number of benzene rings is 1. The summed E-state index contributed by atoms with van der Waals surface area (Å²) in [6.45, 7) is 6.11. The van der Waals surface area contributed by atoms with Crippen molar-refractivity contribution in [1.29, 1.82) is 0 Å². The first-order chi connectivity index (χ1) is 7.49. The molecule has 0 spiro atoms. The van der Waals surface area contributed by atoms with Gasteiger partial charge in [-0.25, -0.2) is 0 Å². The van der Waals surface area contributed by atoms with Gasteiger partial charge in [-0.1, -0.05) is 6.07 Å². The summed E-state index contributed by atoms with van der Waals surface area (Å²) in [4.78, 5) is 11.4. The third kappa shape index (κ3) is 3.81. The molecule has 16 heavy (non-hydrogen) atoms. The fraction of sp³-hybridized carbons (Fsp3) is 0.417. The van der Waals surface area contributed by atoms with Crippen molar-refractivity contribution in [3.05, 3.63) is 23.8 Å². The van der Waals surface area contributed by atoms with Crippen molar-refractivity contribution in [1.82, 2.24) is 5.32 Å². The predicted molar refractivity (Wildman–Crippen MR) is 67.4 cm³/mol. The van der Waals surface area contributed by atoms with Crippen LogP contribution in [-0.4, -0.2) is 18.5 Å². The van der Waals surface area contributed by atoms with E-state index in [9.17, 15) is 4.79 Å². The van der Waals surface area contributed by atoms with Gasteiger partial charge < -0.3 is 16.4 Å². The van der Waals surface area contributed by atoms with E-state index in [0.29, 0.717) is 5.69 Å². The van der Waals surface area contributed by atoms with Crippen LogP contribution in [0.1, 0.15) is 19.4 Å². The molecule has 0 heterocycles. The molecule has 0 aliphatic rings. The molecular formula is C12H19N3O. The molecule has 1 aromatic carbocycles. The Bertz CT molecular complexity index is 375. The van der Waals surface area contributed by atoms with Crippen LogP contribution in [0.5, 0.6) is 0 Å². The molecule has 0 unspecified atom stereocenters. The van der Waals surface area contributed by atoms with Crippen molar-refractivity contribution in [2.75, 3.05) is 17.6 Å². The van der Waals surface area contributed by atoms with Gasteiger partial charge in [-0.2, -0.15) is 0 Å². The summed E-state index contributed by atoms with van der Waals surface area (Å²) in [5.74, 6) is -0.0168. The summed E-state index contributed by atoms with van der Waals surface area (Å²) in [5.41, 5.74) is 8.34. The lowest BCUT2D eigenvalue weighted by Gasteiger charge is -2.12. The predicted octanol–water partition coefficient (Wildman–Crippen LogP) is 1.51. The van der Waals surface area contributed by atoms with E-state index in [1.807, 2.05) is 39.0 Å². The standard InChI is InChI=1S/C12H19N3O/c1-8(2)15-12(16)7-14-11-6-10(13)5-4-9(11)3/h4-6,8,14H,7,13H2,1-3H3,(H,15,16). The molecule has 0 bridgehead atoms. The van der Waals surface area contributed by atoms with Crippen LogP contribution < -0.4 is 16.4 Å². The van der Waals surface area contributed by atoms with Gasteiger partial charge in [0.2, 0.25) is 5.91 Å². The zero-order valence-corrected chi connectivity index (χ0v) is 10.0. The van der Waals surface area contributed by atoms with E-state index in [2.05, 4.69) is 10.6 Å². The van der Waals surface area contributed by atoms with Gasteiger partial charge in [0.05, 0.1) is 6.54 Å². The maximum atomic E-state index is 11.4. The van der Waals surface area contributed by atoms with Gasteiger partial charge >= 0.3 is 0 Å². The molecule has 1 aromatic rings. The molecule has 0 radical (unpaired) electrons. The van der Waals surface area contributed by atoms with Crippen molar-refractivity contribution in [2.24, 2.45) is 0 Å². The fourth-order valence-corrected chi connectivity index (χ4v) is 1.38. The van der Waals surface area contributed by atoms with Gasteiger partial charge in [0.15, 0.2) is 0 Å². The molecule has 1 rings (SSSR count). The van der Waals surface area contributed by atoms with Crippen molar-refractivity contribution in [2.45, 2.75) is 26.8 Å². The molecule has 4 heteroatoms. The number of aryl methyl sites for hydroxylation is 1. The van der Waals surface area contributed by atoms with Crippen molar-refractivity contribution in [3.8, 4) is 0 Å². The molecular weight excluding hydrogens is 202 g/mol. The minimum atomic E-state index is -0.0168. The van der Waals surface area contributed by atoms with Crippen LogP contribution >= 0.6 is 0 Å². The zero-order valence-electron chi connectivity index (χ0n) is 10.0. The minimum Gasteiger partial charge on any atom is -0.399 e. The lowest BCUT2D eigenvalue weighted by atomic mass is 10.2. The Kier molecular flexibility index (Phi) is 4.17. The normalized spacial score (nSPS) is 10.2. The van der Waals surface area contributed by atoms with Gasteiger partial charge in [0.1, 0.15) is 0 Å². The highest BCUT2D eigenvalue weighted by Crippen LogP contribution is 2.17. The Balaban J connectivity index is 2.54. The number of hydrogen-bond donors (Lipinski definition) is 3. The second-order valence-corrected chi connectivity index (χ2v) is 4.15. The highest BCUT2D eigenvalue weighted by Gasteiger charge is 2.04. The highest BCUT2D eigenvalue weighted by molar-refractivity contribution is 5.81. The molecule has 88 valence electrons. The van der Waals surface area contributed by atoms with Gasteiger partial charge in [-0.15, -0.1) is 0 Å². The minimum absolute atomic E-state index is 0.0168. The van der Waals surface area contributed by atoms with E-state index in [1.165, 1.54) is 0 Å². The average Bonchev–Trinajstić information content (AvgIpc) is 2.18. The Hall–Kier alpha value is -1.71. The molecule has 0 aromatic heterocycles. The summed E-state index contributed by atoms with van der Waals surface area (Å²) in [5, 5.41) is 5.88. The third-order valence-electron chi connectivity index (χ3n) is 2.15. The lowest BCUT2D eigenvalue weighted by molar-refractivity contribution is -0.119. The summed E-state index contributed by atoms with van der Waals surface area (Å²) in [6, 6.07) is 5.77. The molecule has 0 aliphatic heterocycles. The maximum absolute atomic E-state index is 11.4. The Morgan fingerprint density at radius 1 is 1.44 bits per heavy atom. The number of carbonyl (C=O) groups is 1. The van der Waals surface area contributed by atoms with Gasteiger partial charge in [-0.3, -0.25) is 4.79 Å². The van der Waals surface area contributed by atoms with Crippen LogP contribution in [0.25, 0.3) is 0 Å². The highest BCUT2D eigenvalue weighted by atomic mass is 16.1. The number of rotatable bonds is 4. The fourth-order valence-electron chi connectivity index (χ4n) is 1.38. The molecule has 1 amide bonds. The van der Waals surface area contributed by atoms with E-state index >= 15 is 0 Å². The summed E-state index contributed by atoms with van der Waals surface area (Å²) in [7, 11) is 0. The average molecular weight is 221 g/mol. The summed E-state index contributed by atoms with van der Waals surface area (Å²) < 4.78 is 0. The molecule has 4 N–H and O–H groups in total. The van der Waals surface area contributed by atoms with Crippen LogP contribution in [0.2, 0.25) is 0 Å². The second-order valence-electron chi connectivity index (χ2n) is 4.15. The summed E-state index contributed by atoms with van der Waals surface area (Å²) in [6.07, 6.45) is 0. The second kappa shape index (κ2) is 5.39. The number of nitrogens with two attached hydrogens (primary N) is 1. The number of nitrogen functional groups attached to an aromatic ring is 1. The smallest absolute Gasteiger partial charge is 0.239 e. The number of carbonyl (C=O) groups excluding carboxylic acids is 1. The van der Waals surface area contributed by atoms with Crippen LogP contribution in [0.4, 0.5) is 11.4 Å². The molecule has 0 fully saturated rings. The largest absolute Gasteiger partial charge is 0.399 e. The van der Waals surface area contributed by atoms with E-state index in [-0.39, 0.29) is 18.5 Å². The van der Waals surface area contributed by atoms with Gasteiger partial charge in [-0.05, 0) is 38.5 Å². The number of nitrogens with one attached hydrogen (secondary N) is 2. The number of anilines is 2. The maximum Gasteiger partial charge on any atom is 0.239 e. The van der Waals surface area contributed by atoms with Crippen LogP contribution in [0, 0.1) is 6.92 Å². The first-order valence-corrected chi connectivity index (χ1v) is 5.38. The Morgan fingerprint density at radius 3 is 2.75 bits per heavy atom. The number of amides is 1. The SMILES string of the molecule is Cc1ccc(N)cc1NCC(=O)NC(C)C. The lowest BCUT2D eigenvalue weighted by Crippen LogP contribution is -2.34. The van der Waals surface area contributed by atoms with Crippen molar-refractivity contribution >= 4 is 17.3 Å². The first kappa shape index (κ1) is 12.4. The van der Waals surface area contributed by atoms with Crippen molar-refractivity contribution in [3.63, 3.8) is 0 Å². The Labute approximate surface area is 96.2 Å². The molecule has 0 saturated carbocycles. The third-order valence-corrected chi connectivity index (χ3v) is 2.15. The summed E-state index contributed by atoms with van der Waals surface area (Å²) >= 11 is 0. The molecule has 0 saturated heterocycles. The zero-order chi connectivity index (χ0) is 12.1. The van der Waals surface area contributed by atoms with Crippen LogP contribution in [0.15, 0.2) is 18.2 Å². The van der Waals surface area contributed by atoms with E-state index in [1.54, 1.807) is 0 Å². The van der Waals surface area contributed by atoms with E-state index in [0.717, 1.165) is 11.3 Å². The van der Waals surface area contributed by atoms with Crippen LogP contribution in [-0.2, 0) is 4.79 Å². The molecule has 4 nitrogen and oxygen atoms in total. The van der Waals surface area contributed by atoms with Crippen molar-refractivity contribution < 1.29 is 4.79 Å². The van der Waals surface area contributed by atoms with E-state index < -0.39 is 0 Å². The monoisotopic (exact) mass is 221 g/mol. The number of hydrogen-bond acceptors (Lipinski definition) is 3. The van der Waals surface area contributed by atoms with Gasteiger partial charge in [0, 0.05) is 17.4 Å². The van der Waals surface area contributed by atoms with Crippen LogP contribution in [0.3, 0.4) is 0 Å². The first-order valence-electron chi connectivity index (χ1n) is 5.38. The molecule has 0 atom stereocenters. The Morgan fingerprint density at radius 2 is 2.12 bits per heavy atom. The van der Waals surface area contributed by atoms with Gasteiger partial charge in [0.25, 0.3) is 0 Å². The van der Waals surface area contributed by atoms with E-state index in [4.69, 9.17) is 5.73 Å². The molecule has 0 aliphatic carbocycles.